The summed E-state index contributed by atoms with van der Waals surface area (Å²) < 4.78 is 0. The standard InChI is InChI=1S/C25H24N4O2S2/c1-16-6-10-18(11-7-16)20-14-32-24(26-20)28-22(30)4-3-5-23(31)29-25-27-21(15-33-25)19-12-8-17(2)9-13-19/h6-15H,3-5H2,1-2H3,(H,26,28,30)(H,27,29,31). The second-order valence-corrected chi connectivity index (χ2v) is 9.47. The number of anilines is 2. The first-order chi connectivity index (χ1) is 16.0. The third-order valence-corrected chi connectivity index (χ3v) is 6.52. The van der Waals surface area contributed by atoms with E-state index in [9.17, 15) is 9.59 Å². The molecular weight excluding hydrogens is 452 g/mol. The Labute approximate surface area is 200 Å². The van der Waals surface area contributed by atoms with E-state index in [1.54, 1.807) is 0 Å². The highest BCUT2D eigenvalue weighted by Crippen LogP contribution is 2.26. The Hall–Kier alpha value is -3.36. The van der Waals surface area contributed by atoms with Crippen LogP contribution >= 0.6 is 22.7 Å². The van der Waals surface area contributed by atoms with E-state index in [4.69, 9.17) is 0 Å². The number of nitrogens with zero attached hydrogens (tertiary/aromatic N) is 2. The van der Waals surface area contributed by atoms with Crippen LogP contribution in [0.15, 0.2) is 59.3 Å². The monoisotopic (exact) mass is 476 g/mol. The largest absolute Gasteiger partial charge is 0.302 e. The summed E-state index contributed by atoms with van der Waals surface area (Å²) in [6.07, 6.45) is 0.947. The van der Waals surface area contributed by atoms with Crippen molar-refractivity contribution in [2.24, 2.45) is 0 Å². The van der Waals surface area contributed by atoms with Crippen molar-refractivity contribution in [2.75, 3.05) is 10.6 Å². The summed E-state index contributed by atoms with van der Waals surface area (Å²) in [4.78, 5) is 33.4. The topological polar surface area (TPSA) is 84.0 Å². The van der Waals surface area contributed by atoms with Gasteiger partial charge < -0.3 is 10.6 Å². The second-order valence-electron chi connectivity index (χ2n) is 7.76. The van der Waals surface area contributed by atoms with Crippen LogP contribution in [0.1, 0.15) is 30.4 Å². The van der Waals surface area contributed by atoms with Gasteiger partial charge >= 0.3 is 0 Å². The first-order valence-corrected chi connectivity index (χ1v) is 12.4. The first-order valence-electron chi connectivity index (χ1n) is 10.6. The maximum atomic E-state index is 12.2. The van der Waals surface area contributed by atoms with E-state index in [0.717, 1.165) is 22.5 Å². The van der Waals surface area contributed by atoms with Gasteiger partial charge in [0.2, 0.25) is 11.8 Å². The first kappa shape index (κ1) is 22.8. The van der Waals surface area contributed by atoms with Crippen LogP contribution in [0.5, 0.6) is 0 Å². The number of carbonyl (C=O) groups excluding carboxylic acids is 2. The summed E-state index contributed by atoms with van der Waals surface area (Å²) in [6, 6.07) is 16.2. The number of thiazole rings is 2. The highest BCUT2D eigenvalue weighted by Gasteiger charge is 2.11. The number of rotatable bonds is 8. The van der Waals surface area contributed by atoms with Gasteiger partial charge in [-0.2, -0.15) is 0 Å². The predicted octanol–water partition coefficient (Wildman–Crippen LogP) is 6.30. The lowest BCUT2D eigenvalue weighted by atomic mass is 10.1. The molecule has 4 aromatic rings. The fraction of sp³-hybridized carbons (Fsp3) is 0.200. The highest BCUT2D eigenvalue weighted by molar-refractivity contribution is 7.14. The van der Waals surface area contributed by atoms with Gasteiger partial charge in [-0.1, -0.05) is 59.7 Å². The Morgan fingerprint density at radius 2 is 1.09 bits per heavy atom. The van der Waals surface area contributed by atoms with Gasteiger partial charge in [-0.15, -0.1) is 22.7 Å². The van der Waals surface area contributed by atoms with E-state index >= 15 is 0 Å². The average Bonchev–Trinajstić information content (AvgIpc) is 3.45. The highest BCUT2D eigenvalue weighted by atomic mass is 32.1. The molecule has 0 atom stereocenters. The molecule has 0 aliphatic rings. The Morgan fingerprint density at radius 1 is 0.697 bits per heavy atom. The van der Waals surface area contributed by atoms with Gasteiger partial charge in [0, 0.05) is 34.7 Å². The molecule has 8 heteroatoms. The van der Waals surface area contributed by atoms with Gasteiger partial charge in [0.05, 0.1) is 11.4 Å². The molecule has 33 heavy (non-hydrogen) atoms. The average molecular weight is 477 g/mol. The quantitative estimate of drug-likeness (QED) is 0.313. The zero-order valence-corrected chi connectivity index (χ0v) is 20.1. The number of aromatic nitrogens is 2. The number of aryl methyl sites for hydroxylation is 2. The zero-order chi connectivity index (χ0) is 23.2. The van der Waals surface area contributed by atoms with Crippen molar-refractivity contribution in [1.82, 2.24) is 9.97 Å². The van der Waals surface area contributed by atoms with Crippen LogP contribution in [0, 0.1) is 13.8 Å². The lowest BCUT2D eigenvalue weighted by Gasteiger charge is -2.03. The number of hydrogen-bond acceptors (Lipinski definition) is 6. The van der Waals surface area contributed by atoms with Crippen molar-refractivity contribution < 1.29 is 9.59 Å². The molecule has 2 heterocycles. The second kappa shape index (κ2) is 10.5. The Bertz CT molecular complexity index is 1150. The minimum absolute atomic E-state index is 0.150. The molecule has 0 bridgehead atoms. The number of hydrogen-bond donors (Lipinski definition) is 2. The molecule has 0 saturated heterocycles. The van der Waals surface area contributed by atoms with Crippen molar-refractivity contribution in [3.63, 3.8) is 0 Å². The summed E-state index contributed by atoms with van der Waals surface area (Å²) in [5, 5.41) is 10.6. The summed E-state index contributed by atoms with van der Waals surface area (Å²) >= 11 is 2.78. The molecule has 0 aliphatic carbocycles. The molecule has 0 spiro atoms. The molecule has 2 amide bonds. The fourth-order valence-electron chi connectivity index (χ4n) is 3.15. The molecule has 6 nitrogen and oxygen atoms in total. The lowest BCUT2D eigenvalue weighted by Crippen LogP contribution is -2.14. The van der Waals surface area contributed by atoms with Gasteiger partial charge in [0.25, 0.3) is 0 Å². The van der Waals surface area contributed by atoms with Gasteiger partial charge in [0.1, 0.15) is 0 Å². The summed E-state index contributed by atoms with van der Waals surface area (Å²) in [5.74, 6) is -0.299. The van der Waals surface area contributed by atoms with Crippen molar-refractivity contribution in [3.8, 4) is 22.5 Å². The molecule has 0 unspecified atom stereocenters. The number of nitrogens with one attached hydrogen (secondary N) is 2. The number of amides is 2. The minimum atomic E-state index is -0.150. The third-order valence-electron chi connectivity index (χ3n) is 5.00. The maximum Gasteiger partial charge on any atom is 0.226 e. The summed E-state index contributed by atoms with van der Waals surface area (Å²) in [6.45, 7) is 4.08. The van der Waals surface area contributed by atoms with Crippen molar-refractivity contribution >= 4 is 44.8 Å². The molecular formula is C25H24N4O2S2. The van der Waals surface area contributed by atoms with Crippen molar-refractivity contribution in [2.45, 2.75) is 33.1 Å². The fourth-order valence-corrected chi connectivity index (χ4v) is 4.62. The summed E-state index contributed by atoms with van der Waals surface area (Å²) in [5.41, 5.74) is 6.08. The molecule has 0 radical (unpaired) electrons. The molecule has 4 rings (SSSR count). The van der Waals surface area contributed by atoms with E-state index in [1.807, 2.05) is 73.1 Å². The number of benzene rings is 2. The van der Waals surface area contributed by atoms with Crippen LogP contribution in [-0.4, -0.2) is 21.8 Å². The van der Waals surface area contributed by atoms with E-state index in [2.05, 4.69) is 20.6 Å². The lowest BCUT2D eigenvalue weighted by molar-refractivity contribution is -0.117. The van der Waals surface area contributed by atoms with E-state index in [-0.39, 0.29) is 24.7 Å². The Morgan fingerprint density at radius 3 is 1.48 bits per heavy atom. The molecule has 2 aromatic heterocycles. The molecule has 2 aromatic carbocycles. The van der Waals surface area contributed by atoms with Crippen molar-refractivity contribution in [1.29, 1.82) is 0 Å². The van der Waals surface area contributed by atoms with Crippen LogP contribution in [0.4, 0.5) is 10.3 Å². The van der Waals surface area contributed by atoms with Crippen LogP contribution < -0.4 is 10.6 Å². The molecule has 168 valence electrons. The predicted molar refractivity (Wildman–Crippen MR) is 136 cm³/mol. The van der Waals surface area contributed by atoms with Gasteiger partial charge in [0.15, 0.2) is 10.3 Å². The molecule has 0 aliphatic heterocycles. The van der Waals surface area contributed by atoms with E-state index in [0.29, 0.717) is 16.7 Å². The van der Waals surface area contributed by atoms with Crippen LogP contribution in [0.2, 0.25) is 0 Å². The molecule has 2 N–H and O–H groups in total. The van der Waals surface area contributed by atoms with Crippen LogP contribution in [-0.2, 0) is 9.59 Å². The SMILES string of the molecule is Cc1ccc(-c2csc(NC(=O)CCCC(=O)Nc3nc(-c4ccc(C)cc4)cs3)n2)cc1. The Balaban J connectivity index is 1.21. The van der Waals surface area contributed by atoms with E-state index < -0.39 is 0 Å². The maximum absolute atomic E-state index is 12.2. The smallest absolute Gasteiger partial charge is 0.226 e. The third kappa shape index (κ3) is 6.34. The molecule has 0 saturated carbocycles. The molecule has 0 fully saturated rings. The van der Waals surface area contributed by atoms with Crippen molar-refractivity contribution in [3.05, 3.63) is 70.4 Å². The minimum Gasteiger partial charge on any atom is -0.302 e. The van der Waals surface area contributed by atoms with Gasteiger partial charge in [-0.3, -0.25) is 9.59 Å². The number of carbonyl (C=O) groups is 2. The summed E-state index contributed by atoms with van der Waals surface area (Å²) in [7, 11) is 0. The zero-order valence-electron chi connectivity index (χ0n) is 18.4. The van der Waals surface area contributed by atoms with Gasteiger partial charge in [-0.25, -0.2) is 9.97 Å². The van der Waals surface area contributed by atoms with Crippen LogP contribution in [0.25, 0.3) is 22.5 Å². The van der Waals surface area contributed by atoms with Gasteiger partial charge in [-0.05, 0) is 20.3 Å². The Kier molecular flexibility index (Phi) is 7.26. The normalized spacial score (nSPS) is 10.7. The van der Waals surface area contributed by atoms with Crippen LogP contribution in [0.3, 0.4) is 0 Å². The van der Waals surface area contributed by atoms with E-state index in [1.165, 1.54) is 33.8 Å².